The highest BCUT2D eigenvalue weighted by molar-refractivity contribution is 6.29. The molecule has 112 valence electrons. The third-order valence-corrected chi connectivity index (χ3v) is 3.88. The van der Waals surface area contributed by atoms with E-state index in [9.17, 15) is 0 Å². The Morgan fingerprint density at radius 2 is 1.86 bits per heavy atom. The van der Waals surface area contributed by atoms with E-state index in [2.05, 4.69) is 25.0 Å². The molecule has 3 rings (SSSR count). The van der Waals surface area contributed by atoms with Gasteiger partial charge in [0.2, 0.25) is 5.95 Å². The Bertz CT molecular complexity index is 626. The zero-order valence-corrected chi connectivity index (χ0v) is 12.9. The van der Waals surface area contributed by atoms with Gasteiger partial charge in [-0.05, 0) is 26.7 Å². The molecular weight excluding hydrogens is 290 g/mol. The van der Waals surface area contributed by atoms with Crippen molar-refractivity contribution >= 4 is 23.4 Å². The first-order chi connectivity index (χ1) is 10.0. The second-order valence-corrected chi connectivity index (χ2v) is 5.66. The monoisotopic (exact) mass is 307 g/mol. The summed E-state index contributed by atoms with van der Waals surface area (Å²) in [4.78, 5) is 14.9. The van der Waals surface area contributed by atoms with Crippen LogP contribution in [0.3, 0.4) is 0 Å². The molecule has 0 amide bonds. The summed E-state index contributed by atoms with van der Waals surface area (Å²) in [5, 5.41) is 4.86. The van der Waals surface area contributed by atoms with Crippen LogP contribution in [0.5, 0.6) is 0 Å². The van der Waals surface area contributed by atoms with Gasteiger partial charge in [0.25, 0.3) is 0 Å². The average Bonchev–Trinajstić information content (AvgIpc) is 2.77. The molecule has 2 N–H and O–H groups in total. The van der Waals surface area contributed by atoms with Crippen molar-refractivity contribution in [3.63, 3.8) is 0 Å². The van der Waals surface area contributed by atoms with Crippen LogP contribution in [0.4, 0.5) is 11.8 Å². The van der Waals surface area contributed by atoms with Crippen molar-refractivity contribution in [1.82, 2.24) is 24.7 Å². The van der Waals surface area contributed by atoms with Gasteiger partial charge in [0.15, 0.2) is 0 Å². The number of anilines is 2. The first-order valence-electron chi connectivity index (χ1n) is 6.97. The van der Waals surface area contributed by atoms with Gasteiger partial charge in [-0.25, -0.2) is 14.6 Å². The van der Waals surface area contributed by atoms with Crippen LogP contribution in [0.15, 0.2) is 6.07 Å². The van der Waals surface area contributed by atoms with E-state index in [1.54, 1.807) is 0 Å². The van der Waals surface area contributed by atoms with Crippen molar-refractivity contribution in [3.8, 4) is 0 Å². The minimum atomic E-state index is 0.292. The smallest absolute Gasteiger partial charge is 0.218 e. The number of halogens is 1. The third-order valence-electron chi connectivity index (χ3n) is 3.69. The minimum Gasteiger partial charge on any atom is -0.368 e. The predicted molar refractivity (Wildman–Crippen MR) is 81.4 cm³/mol. The molecule has 2 aromatic rings. The maximum Gasteiger partial charge on any atom is 0.218 e. The number of hydrogen-bond donors (Lipinski definition) is 1. The second-order valence-electron chi connectivity index (χ2n) is 5.28. The summed E-state index contributed by atoms with van der Waals surface area (Å²) in [5.74, 6) is 2.78. The van der Waals surface area contributed by atoms with E-state index in [-0.39, 0.29) is 0 Å². The molecule has 0 aromatic carbocycles. The Kier molecular flexibility index (Phi) is 3.67. The van der Waals surface area contributed by atoms with Crippen molar-refractivity contribution in [2.45, 2.75) is 32.7 Å². The number of nitrogens with zero attached hydrogens (tertiary/aromatic N) is 6. The standard InChI is InChI=1S/C13H18ClN7/c1-8-16-11(14)7-12(17-8)20-5-3-10(4-6-20)21-13(15)18-9(2)19-21/h7,10H,3-6H2,1-2H3,(H2,15,18,19). The molecule has 1 aliphatic rings. The highest BCUT2D eigenvalue weighted by Gasteiger charge is 2.24. The molecule has 0 spiro atoms. The molecular formula is C13H18ClN7. The Morgan fingerprint density at radius 1 is 1.14 bits per heavy atom. The number of aryl methyl sites for hydroxylation is 2. The van der Waals surface area contributed by atoms with Gasteiger partial charge in [-0.3, -0.25) is 0 Å². The highest BCUT2D eigenvalue weighted by Crippen LogP contribution is 2.27. The average molecular weight is 308 g/mol. The van der Waals surface area contributed by atoms with Crippen LogP contribution in [0.1, 0.15) is 30.5 Å². The first kappa shape index (κ1) is 14.1. The molecule has 0 bridgehead atoms. The Morgan fingerprint density at radius 3 is 2.43 bits per heavy atom. The topological polar surface area (TPSA) is 85.8 Å². The maximum absolute atomic E-state index is 6.00. The van der Waals surface area contributed by atoms with Crippen LogP contribution in [0.25, 0.3) is 0 Å². The van der Waals surface area contributed by atoms with Crippen LogP contribution in [0.2, 0.25) is 5.15 Å². The summed E-state index contributed by atoms with van der Waals surface area (Å²) in [5.41, 5.74) is 5.90. The summed E-state index contributed by atoms with van der Waals surface area (Å²) < 4.78 is 1.84. The van der Waals surface area contributed by atoms with Gasteiger partial charge in [-0.15, -0.1) is 0 Å². The van der Waals surface area contributed by atoms with Gasteiger partial charge in [0, 0.05) is 19.2 Å². The van der Waals surface area contributed by atoms with Crippen molar-refractivity contribution < 1.29 is 0 Å². The van der Waals surface area contributed by atoms with Gasteiger partial charge < -0.3 is 10.6 Å². The van der Waals surface area contributed by atoms with Gasteiger partial charge in [0.1, 0.15) is 22.6 Å². The van der Waals surface area contributed by atoms with Crippen molar-refractivity contribution in [3.05, 3.63) is 22.9 Å². The first-order valence-corrected chi connectivity index (χ1v) is 7.35. The lowest BCUT2D eigenvalue weighted by atomic mass is 10.1. The fourth-order valence-electron chi connectivity index (χ4n) is 2.73. The summed E-state index contributed by atoms with van der Waals surface area (Å²) in [6.07, 6.45) is 1.90. The second kappa shape index (κ2) is 5.48. The number of piperidine rings is 1. The zero-order valence-electron chi connectivity index (χ0n) is 12.1. The Hall–Kier alpha value is -1.89. The zero-order chi connectivity index (χ0) is 15.0. The van der Waals surface area contributed by atoms with Crippen LogP contribution in [-0.2, 0) is 0 Å². The summed E-state index contributed by atoms with van der Waals surface area (Å²) in [6, 6.07) is 2.10. The fourth-order valence-corrected chi connectivity index (χ4v) is 2.95. The lowest BCUT2D eigenvalue weighted by molar-refractivity contribution is 0.368. The van der Waals surface area contributed by atoms with E-state index >= 15 is 0 Å². The summed E-state index contributed by atoms with van der Waals surface area (Å²) in [7, 11) is 0. The van der Waals surface area contributed by atoms with Crippen molar-refractivity contribution in [2.24, 2.45) is 0 Å². The molecule has 21 heavy (non-hydrogen) atoms. The van der Waals surface area contributed by atoms with E-state index in [1.165, 1.54) is 0 Å². The summed E-state index contributed by atoms with van der Waals surface area (Å²) in [6.45, 7) is 5.47. The van der Waals surface area contributed by atoms with E-state index in [0.717, 1.165) is 31.7 Å². The molecule has 0 atom stereocenters. The van der Waals surface area contributed by atoms with E-state index in [4.69, 9.17) is 17.3 Å². The number of hydrogen-bond acceptors (Lipinski definition) is 6. The summed E-state index contributed by atoms with van der Waals surface area (Å²) >= 11 is 6.00. The van der Waals surface area contributed by atoms with E-state index in [0.29, 0.717) is 28.8 Å². The van der Waals surface area contributed by atoms with Crippen LogP contribution >= 0.6 is 11.6 Å². The lowest BCUT2D eigenvalue weighted by Gasteiger charge is -2.33. The van der Waals surface area contributed by atoms with Gasteiger partial charge in [-0.2, -0.15) is 10.1 Å². The largest absolute Gasteiger partial charge is 0.368 e. The predicted octanol–water partition coefficient (Wildman–Crippen LogP) is 1.76. The number of rotatable bonds is 2. The molecule has 1 fully saturated rings. The molecule has 0 radical (unpaired) electrons. The normalized spacial score (nSPS) is 16.4. The quantitative estimate of drug-likeness (QED) is 0.851. The van der Waals surface area contributed by atoms with Crippen molar-refractivity contribution in [2.75, 3.05) is 23.7 Å². The van der Waals surface area contributed by atoms with Gasteiger partial charge in [0.05, 0.1) is 6.04 Å². The van der Waals surface area contributed by atoms with Crippen molar-refractivity contribution in [1.29, 1.82) is 0 Å². The van der Waals surface area contributed by atoms with Crippen LogP contribution < -0.4 is 10.6 Å². The molecule has 0 aliphatic carbocycles. The molecule has 0 saturated carbocycles. The number of aromatic nitrogens is 5. The van der Waals surface area contributed by atoms with Crippen LogP contribution in [0, 0.1) is 13.8 Å². The van der Waals surface area contributed by atoms with Crippen LogP contribution in [-0.4, -0.2) is 37.8 Å². The highest BCUT2D eigenvalue weighted by atomic mass is 35.5. The molecule has 3 heterocycles. The molecule has 7 nitrogen and oxygen atoms in total. The van der Waals surface area contributed by atoms with Gasteiger partial charge >= 0.3 is 0 Å². The maximum atomic E-state index is 6.00. The van der Waals surface area contributed by atoms with E-state index in [1.807, 2.05) is 24.6 Å². The molecule has 1 aliphatic heterocycles. The Balaban J connectivity index is 1.71. The third kappa shape index (κ3) is 2.92. The Labute approximate surface area is 128 Å². The fraction of sp³-hybridized carbons (Fsp3) is 0.538. The number of nitrogens with two attached hydrogens (primary N) is 1. The lowest BCUT2D eigenvalue weighted by Crippen LogP contribution is -2.35. The SMILES string of the molecule is Cc1nc(Cl)cc(N2CCC(n3nc(C)nc3N)CC2)n1. The molecule has 8 heteroatoms. The molecule has 2 aromatic heterocycles. The minimum absolute atomic E-state index is 0.292. The van der Waals surface area contributed by atoms with Gasteiger partial charge in [-0.1, -0.05) is 11.6 Å². The molecule has 0 unspecified atom stereocenters. The molecule has 1 saturated heterocycles. The van der Waals surface area contributed by atoms with E-state index < -0.39 is 0 Å². The number of nitrogen functional groups attached to an aromatic ring is 1.